The van der Waals surface area contributed by atoms with Crippen molar-refractivity contribution in [2.45, 2.75) is 25.5 Å². The number of amides is 1. The lowest BCUT2D eigenvalue weighted by atomic mass is 10.2. The zero-order valence-electron chi connectivity index (χ0n) is 17.7. The number of carbonyl (C=O) groups is 1. The number of carbonyl (C=O) groups excluding carboxylic acids is 1. The Morgan fingerprint density at radius 3 is 2.69 bits per heavy atom. The van der Waals surface area contributed by atoms with Crippen molar-refractivity contribution in [3.63, 3.8) is 0 Å². The first-order chi connectivity index (χ1) is 15.6. The van der Waals surface area contributed by atoms with Gasteiger partial charge in [0.1, 0.15) is 0 Å². The average Bonchev–Trinajstić information content (AvgIpc) is 3.42. The molecule has 0 radical (unpaired) electrons. The minimum atomic E-state index is 0.0456. The summed E-state index contributed by atoms with van der Waals surface area (Å²) in [5.74, 6) is 1.01. The molecule has 3 aromatic heterocycles. The molecule has 0 unspecified atom stereocenters. The molecule has 0 aliphatic heterocycles. The number of pyridine rings is 1. The number of nitrogens with zero attached hydrogens (tertiary/aromatic N) is 5. The van der Waals surface area contributed by atoms with Gasteiger partial charge in [0.05, 0.1) is 22.3 Å². The van der Waals surface area contributed by atoms with Crippen LogP contribution in [-0.2, 0) is 11.3 Å². The number of benzene rings is 1. The van der Waals surface area contributed by atoms with Crippen LogP contribution in [0.5, 0.6) is 0 Å². The fourth-order valence-corrected chi connectivity index (χ4v) is 5.25. The van der Waals surface area contributed by atoms with Gasteiger partial charge in [0.15, 0.2) is 11.0 Å². The van der Waals surface area contributed by atoms with Gasteiger partial charge in [0, 0.05) is 29.4 Å². The van der Waals surface area contributed by atoms with Gasteiger partial charge in [-0.3, -0.25) is 14.3 Å². The van der Waals surface area contributed by atoms with Gasteiger partial charge in [-0.25, -0.2) is 0 Å². The number of thioether (sulfide) groups is 1. The second kappa shape index (κ2) is 10.3. The normalized spacial score (nSPS) is 11.0. The van der Waals surface area contributed by atoms with Crippen molar-refractivity contribution < 1.29 is 4.79 Å². The molecule has 0 aliphatic carbocycles. The van der Waals surface area contributed by atoms with Gasteiger partial charge >= 0.3 is 0 Å². The Hall–Kier alpha value is -2.68. The lowest BCUT2D eigenvalue weighted by Crippen LogP contribution is -2.31. The van der Waals surface area contributed by atoms with Crippen molar-refractivity contribution in [3.05, 3.63) is 75.7 Å². The molecular weight excluding hydrogens is 462 g/mol. The number of rotatable bonds is 8. The van der Waals surface area contributed by atoms with E-state index in [0.29, 0.717) is 24.1 Å². The Labute approximate surface area is 200 Å². The molecular formula is C23H22ClN5OS2. The molecule has 4 aromatic rings. The van der Waals surface area contributed by atoms with Crippen LogP contribution in [0.15, 0.2) is 66.1 Å². The Kier molecular flexibility index (Phi) is 7.24. The fourth-order valence-electron chi connectivity index (χ4n) is 3.30. The lowest BCUT2D eigenvalue weighted by Gasteiger charge is -2.20. The second-order valence-electron chi connectivity index (χ2n) is 7.07. The lowest BCUT2D eigenvalue weighted by molar-refractivity contribution is -0.128. The molecule has 0 spiro atoms. The van der Waals surface area contributed by atoms with Crippen LogP contribution in [0.25, 0.3) is 17.1 Å². The highest BCUT2D eigenvalue weighted by molar-refractivity contribution is 7.99. The van der Waals surface area contributed by atoms with E-state index in [2.05, 4.69) is 15.2 Å². The van der Waals surface area contributed by atoms with Crippen LogP contribution in [0.1, 0.15) is 17.4 Å². The van der Waals surface area contributed by atoms with Gasteiger partial charge in [0.25, 0.3) is 0 Å². The number of halogens is 1. The average molecular weight is 484 g/mol. The van der Waals surface area contributed by atoms with Gasteiger partial charge in [0.2, 0.25) is 5.91 Å². The number of thiophene rings is 1. The minimum absolute atomic E-state index is 0.0456. The maximum atomic E-state index is 13.0. The maximum absolute atomic E-state index is 13.0. The van der Waals surface area contributed by atoms with E-state index in [1.165, 1.54) is 23.1 Å². The third kappa shape index (κ3) is 5.03. The molecule has 6 nitrogen and oxygen atoms in total. The van der Waals surface area contributed by atoms with Crippen LogP contribution in [0.3, 0.4) is 0 Å². The summed E-state index contributed by atoms with van der Waals surface area (Å²) >= 11 is 8.92. The Morgan fingerprint density at radius 1 is 1.16 bits per heavy atom. The van der Waals surface area contributed by atoms with E-state index in [-0.39, 0.29) is 11.7 Å². The molecule has 0 atom stereocenters. The summed E-state index contributed by atoms with van der Waals surface area (Å²) < 4.78 is 2.73. The van der Waals surface area contributed by atoms with Crippen molar-refractivity contribution in [2.75, 3.05) is 12.3 Å². The zero-order chi connectivity index (χ0) is 22.5. The van der Waals surface area contributed by atoms with Gasteiger partial charge < -0.3 is 4.90 Å². The number of hydrogen-bond acceptors (Lipinski definition) is 6. The highest BCUT2D eigenvalue weighted by atomic mass is 35.5. The van der Waals surface area contributed by atoms with Gasteiger partial charge in [-0.15, -0.1) is 21.5 Å². The van der Waals surface area contributed by atoms with Crippen molar-refractivity contribution in [1.29, 1.82) is 0 Å². The Balaban J connectivity index is 1.59. The predicted molar refractivity (Wildman–Crippen MR) is 130 cm³/mol. The first kappa shape index (κ1) is 22.5. The van der Waals surface area contributed by atoms with E-state index in [9.17, 15) is 4.79 Å². The van der Waals surface area contributed by atoms with Crippen molar-refractivity contribution >= 4 is 40.6 Å². The summed E-state index contributed by atoms with van der Waals surface area (Å²) in [4.78, 5) is 20.1. The SMILES string of the molecule is CCN(Cc1ccc(Cl)s1)C(=O)CSc1nnc(-c2cccnc2)n1-c1ccccc1C. The molecule has 0 bridgehead atoms. The molecule has 1 amide bonds. The van der Waals surface area contributed by atoms with Gasteiger partial charge in [-0.05, 0) is 49.7 Å². The van der Waals surface area contributed by atoms with E-state index >= 15 is 0 Å². The Bertz CT molecular complexity index is 1210. The molecule has 4 rings (SSSR count). The highest BCUT2D eigenvalue weighted by Crippen LogP contribution is 2.29. The number of para-hydroxylation sites is 1. The summed E-state index contributed by atoms with van der Waals surface area (Å²) in [5, 5.41) is 9.52. The van der Waals surface area contributed by atoms with E-state index < -0.39 is 0 Å². The molecule has 3 heterocycles. The van der Waals surface area contributed by atoms with Crippen LogP contribution in [-0.4, -0.2) is 42.9 Å². The Morgan fingerprint density at radius 2 is 2.00 bits per heavy atom. The first-order valence-corrected chi connectivity index (χ1v) is 12.3. The van der Waals surface area contributed by atoms with Crippen molar-refractivity contribution in [2.24, 2.45) is 0 Å². The van der Waals surface area contributed by atoms with Crippen LogP contribution in [0, 0.1) is 6.92 Å². The second-order valence-corrected chi connectivity index (χ2v) is 9.81. The molecule has 32 heavy (non-hydrogen) atoms. The van der Waals surface area contributed by atoms with Crippen molar-refractivity contribution in [1.82, 2.24) is 24.6 Å². The quantitative estimate of drug-likeness (QED) is 0.310. The summed E-state index contributed by atoms with van der Waals surface area (Å²) in [6.45, 7) is 5.21. The van der Waals surface area contributed by atoms with Crippen LogP contribution in [0.4, 0.5) is 0 Å². The topological polar surface area (TPSA) is 63.9 Å². The monoisotopic (exact) mass is 483 g/mol. The van der Waals surface area contributed by atoms with Gasteiger partial charge in [-0.2, -0.15) is 0 Å². The summed E-state index contributed by atoms with van der Waals surface area (Å²) in [5.41, 5.74) is 2.94. The zero-order valence-corrected chi connectivity index (χ0v) is 20.1. The molecule has 0 fully saturated rings. The van der Waals surface area contributed by atoms with E-state index in [0.717, 1.165) is 26.0 Å². The molecule has 0 saturated carbocycles. The standard InChI is InChI=1S/C23H22ClN5OS2/c1-3-28(14-18-10-11-20(24)32-18)21(30)15-31-23-27-26-22(17-8-6-12-25-13-17)29(23)19-9-5-4-7-16(19)2/h4-13H,3,14-15H2,1-2H3. The summed E-state index contributed by atoms with van der Waals surface area (Å²) in [6.07, 6.45) is 3.50. The van der Waals surface area contributed by atoms with E-state index in [1.54, 1.807) is 12.4 Å². The largest absolute Gasteiger partial charge is 0.337 e. The smallest absolute Gasteiger partial charge is 0.233 e. The third-order valence-electron chi connectivity index (χ3n) is 4.94. The van der Waals surface area contributed by atoms with Crippen LogP contribution < -0.4 is 0 Å². The number of aromatic nitrogens is 4. The first-order valence-electron chi connectivity index (χ1n) is 10.1. The van der Waals surface area contributed by atoms with Crippen LogP contribution in [0.2, 0.25) is 4.34 Å². The maximum Gasteiger partial charge on any atom is 0.233 e. The molecule has 0 N–H and O–H groups in total. The molecule has 1 aromatic carbocycles. The third-order valence-corrected chi connectivity index (χ3v) is 7.07. The van der Waals surface area contributed by atoms with Crippen molar-refractivity contribution in [3.8, 4) is 17.1 Å². The summed E-state index contributed by atoms with van der Waals surface area (Å²) in [6, 6.07) is 15.7. The fraction of sp³-hybridized carbons (Fsp3) is 0.217. The predicted octanol–water partition coefficient (Wildman–Crippen LogP) is 5.49. The summed E-state index contributed by atoms with van der Waals surface area (Å²) in [7, 11) is 0. The van der Waals surface area contributed by atoms with Crippen LogP contribution >= 0.6 is 34.7 Å². The molecule has 0 aliphatic rings. The molecule has 164 valence electrons. The van der Waals surface area contributed by atoms with E-state index in [4.69, 9.17) is 11.6 Å². The minimum Gasteiger partial charge on any atom is -0.337 e. The van der Waals surface area contributed by atoms with E-state index in [1.807, 2.05) is 71.8 Å². The highest BCUT2D eigenvalue weighted by Gasteiger charge is 2.20. The molecule has 9 heteroatoms. The number of hydrogen-bond donors (Lipinski definition) is 0. The van der Waals surface area contributed by atoms with Gasteiger partial charge in [-0.1, -0.05) is 41.6 Å². The molecule has 0 saturated heterocycles. The number of aryl methyl sites for hydroxylation is 1.